The van der Waals surface area contributed by atoms with Crippen LogP contribution >= 0.6 is 11.8 Å². The van der Waals surface area contributed by atoms with E-state index in [4.69, 9.17) is 5.84 Å². The van der Waals surface area contributed by atoms with Gasteiger partial charge in [-0.1, -0.05) is 24.6 Å². The Morgan fingerprint density at radius 3 is 3.00 bits per heavy atom. The SMILES string of the molecule is NNC1=NC2CCCCC2S1. The Labute approximate surface area is 70.8 Å². The fraction of sp³-hybridized carbons (Fsp3) is 0.857. The molecule has 3 N–H and O–H groups in total. The van der Waals surface area contributed by atoms with Crippen molar-refractivity contribution in [3.63, 3.8) is 0 Å². The zero-order valence-electron chi connectivity index (χ0n) is 6.42. The summed E-state index contributed by atoms with van der Waals surface area (Å²) < 4.78 is 0. The Morgan fingerprint density at radius 1 is 1.45 bits per heavy atom. The highest BCUT2D eigenvalue weighted by atomic mass is 32.2. The number of nitrogens with one attached hydrogen (secondary N) is 1. The largest absolute Gasteiger partial charge is 0.303 e. The number of nitrogens with two attached hydrogens (primary N) is 1. The quantitative estimate of drug-likeness (QED) is 0.420. The lowest BCUT2D eigenvalue weighted by Gasteiger charge is -2.21. The van der Waals surface area contributed by atoms with Gasteiger partial charge in [-0.25, -0.2) is 5.84 Å². The predicted molar refractivity (Wildman–Crippen MR) is 48.4 cm³/mol. The molecule has 0 aromatic rings. The van der Waals surface area contributed by atoms with Gasteiger partial charge in [0.2, 0.25) is 0 Å². The smallest absolute Gasteiger partial charge is 0.171 e. The maximum Gasteiger partial charge on any atom is 0.171 e. The number of rotatable bonds is 0. The van der Waals surface area contributed by atoms with E-state index in [1.807, 2.05) is 11.8 Å². The van der Waals surface area contributed by atoms with Crippen LogP contribution in [0.4, 0.5) is 0 Å². The van der Waals surface area contributed by atoms with Gasteiger partial charge in [0, 0.05) is 5.25 Å². The number of thioether (sulfide) groups is 1. The first-order valence-corrected chi connectivity index (χ1v) is 4.99. The zero-order valence-corrected chi connectivity index (χ0v) is 7.23. The third kappa shape index (κ3) is 1.37. The lowest BCUT2D eigenvalue weighted by Crippen LogP contribution is -2.26. The summed E-state index contributed by atoms with van der Waals surface area (Å²) in [5.41, 5.74) is 2.63. The molecule has 3 nitrogen and oxygen atoms in total. The zero-order chi connectivity index (χ0) is 7.68. The first-order chi connectivity index (χ1) is 5.40. The molecule has 2 unspecified atom stereocenters. The minimum absolute atomic E-state index is 0.555. The van der Waals surface area contributed by atoms with Gasteiger partial charge < -0.3 is 5.43 Å². The molecular weight excluding hydrogens is 158 g/mol. The van der Waals surface area contributed by atoms with Gasteiger partial charge in [0.15, 0.2) is 5.17 Å². The molecule has 1 saturated carbocycles. The molecule has 0 saturated heterocycles. The third-order valence-electron chi connectivity index (χ3n) is 2.34. The van der Waals surface area contributed by atoms with Crippen molar-refractivity contribution in [3.05, 3.63) is 0 Å². The average Bonchev–Trinajstić information content (AvgIpc) is 2.46. The van der Waals surface area contributed by atoms with Crippen molar-refractivity contribution in [2.24, 2.45) is 10.8 Å². The molecule has 0 bridgehead atoms. The summed E-state index contributed by atoms with van der Waals surface area (Å²) in [6.45, 7) is 0. The van der Waals surface area contributed by atoms with Crippen LogP contribution in [0.15, 0.2) is 4.99 Å². The van der Waals surface area contributed by atoms with Crippen LogP contribution in [0.3, 0.4) is 0 Å². The van der Waals surface area contributed by atoms with E-state index in [1.165, 1.54) is 25.7 Å². The molecule has 0 radical (unpaired) electrons. The summed E-state index contributed by atoms with van der Waals surface area (Å²) in [5, 5.41) is 1.65. The minimum atomic E-state index is 0.555. The molecule has 2 atom stereocenters. The van der Waals surface area contributed by atoms with Gasteiger partial charge in [0.1, 0.15) is 0 Å². The van der Waals surface area contributed by atoms with Crippen molar-refractivity contribution in [1.82, 2.24) is 5.43 Å². The van der Waals surface area contributed by atoms with Crippen LogP contribution in [0.2, 0.25) is 0 Å². The first-order valence-electron chi connectivity index (χ1n) is 4.11. The number of hydrogen-bond donors (Lipinski definition) is 2. The molecule has 1 heterocycles. The Bertz CT molecular complexity index is 181. The molecule has 1 aliphatic carbocycles. The Morgan fingerprint density at radius 2 is 2.27 bits per heavy atom. The highest BCUT2D eigenvalue weighted by Crippen LogP contribution is 2.35. The fourth-order valence-corrected chi connectivity index (χ4v) is 2.95. The number of amidine groups is 1. The molecule has 1 aliphatic heterocycles. The molecule has 0 aromatic heterocycles. The normalized spacial score (nSPS) is 36.3. The average molecular weight is 171 g/mol. The van der Waals surface area contributed by atoms with Gasteiger partial charge in [-0.2, -0.15) is 0 Å². The van der Waals surface area contributed by atoms with Gasteiger partial charge in [0.25, 0.3) is 0 Å². The number of hydrazine groups is 1. The van der Waals surface area contributed by atoms with Gasteiger partial charge in [-0.3, -0.25) is 4.99 Å². The molecule has 4 heteroatoms. The first kappa shape index (κ1) is 7.43. The second-order valence-corrected chi connectivity index (χ2v) is 4.31. The standard InChI is InChI=1S/C7H13N3S/c8-10-7-9-5-3-1-2-4-6(5)11-7/h5-6H,1-4,8H2,(H,9,10). The van der Waals surface area contributed by atoms with Gasteiger partial charge in [0.05, 0.1) is 6.04 Å². The molecule has 0 amide bonds. The van der Waals surface area contributed by atoms with Crippen LogP contribution in [0.1, 0.15) is 25.7 Å². The van der Waals surface area contributed by atoms with Crippen molar-refractivity contribution in [2.75, 3.05) is 0 Å². The highest BCUT2D eigenvalue weighted by Gasteiger charge is 2.31. The Balaban J connectivity index is 2.02. The molecule has 2 aliphatic rings. The van der Waals surface area contributed by atoms with Crippen molar-refractivity contribution in [3.8, 4) is 0 Å². The van der Waals surface area contributed by atoms with Crippen LogP contribution in [0.25, 0.3) is 0 Å². The summed E-state index contributed by atoms with van der Waals surface area (Å²) in [4.78, 5) is 4.47. The third-order valence-corrected chi connectivity index (χ3v) is 3.64. The van der Waals surface area contributed by atoms with E-state index in [0.717, 1.165) is 10.4 Å². The van der Waals surface area contributed by atoms with E-state index in [-0.39, 0.29) is 0 Å². The van der Waals surface area contributed by atoms with Crippen LogP contribution < -0.4 is 11.3 Å². The van der Waals surface area contributed by atoms with Crippen molar-refractivity contribution in [1.29, 1.82) is 0 Å². The summed E-state index contributed by atoms with van der Waals surface area (Å²) in [7, 11) is 0. The number of hydrogen-bond acceptors (Lipinski definition) is 4. The van der Waals surface area contributed by atoms with E-state index in [1.54, 1.807) is 0 Å². The Hall–Kier alpha value is -0.220. The van der Waals surface area contributed by atoms with E-state index >= 15 is 0 Å². The molecule has 0 aromatic carbocycles. The number of fused-ring (bicyclic) bond motifs is 1. The molecule has 62 valence electrons. The number of nitrogens with zero attached hydrogens (tertiary/aromatic N) is 1. The lowest BCUT2D eigenvalue weighted by atomic mass is 9.96. The maximum absolute atomic E-state index is 5.29. The van der Waals surface area contributed by atoms with Crippen LogP contribution in [0.5, 0.6) is 0 Å². The fourth-order valence-electron chi connectivity index (χ4n) is 1.76. The van der Waals surface area contributed by atoms with Gasteiger partial charge in [-0.15, -0.1) is 0 Å². The Kier molecular flexibility index (Phi) is 2.05. The van der Waals surface area contributed by atoms with Crippen LogP contribution in [0, 0.1) is 0 Å². The minimum Gasteiger partial charge on any atom is -0.303 e. The second-order valence-electron chi connectivity index (χ2n) is 3.09. The van der Waals surface area contributed by atoms with Gasteiger partial charge >= 0.3 is 0 Å². The summed E-state index contributed by atoms with van der Waals surface area (Å²) in [5.74, 6) is 5.29. The summed E-state index contributed by atoms with van der Waals surface area (Å²) >= 11 is 1.81. The molecule has 11 heavy (non-hydrogen) atoms. The lowest BCUT2D eigenvalue weighted by molar-refractivity contribution is 0.461. The summed E-state index contributed by atoms with van der Waals surface area (Å²) in [6, 6.07) is 0.555. The van der Waals surface area contributed by atoms with E-state index < -0.39 is 0 Å². The van der Waals surface area contributed by atoms with Crippen molar-refractivity contribution < 1.29 is 0 Å². The molecule has 2 rings (SSSR count). The van der Waals surface area contributed by atoms with Crippen molar-refractivity contribution in [2.45, 2.75) is 37.0 Å². The van der Waals surface area contributed by atoms with Crippen LogP contribution in [-0.2, 0) is 0 Å². The highest BCUT2D eigenvalue weighted by molar-refractivity contribution is 8.14. The van der Waals surface area contributed by atoms with Crippen LogP contribution in [-0.4, -0.2) is 16.5 Å². The second kappa shape index (κ2) is 3.03. The molecule has 1 fully saturated rings. The summed E-state index contributed by atoms with van der Waals surface area (Å²) in [6.07, 6.45) is 5.26. The topological polar surface area (TPSA) is 50.4 Å². The van der Waals surface area contributed by atoms with Gasteiger partial charge in [-0.05, 0) is 12.8 Å². The molecule has 0 spiro atoms. The van der Waals surface area contributed by atoms with E-state index in [9.17, 15) is 0 Å². The maximum atomic E-state index is 5.29. The predicted octanol–water partition coefficient (Wildman–Crippen LogP) is 0.864. The van der Waals surface area contributed by atoms with E-state index in [2.05, 4.69) is 10.4 Å². The van der Waals surface area contributed by atoms with E-state index in [0.29, 0.717) is 6.04 Å². The number of aliphatic imine (C=N–C) groups is 1. The van der Waals surface area contributed by atoms with Crippen molar-refractivity contribution >= 4 is 16.9 Å². The molecular formula is C7H13N3S. The monoisotopic (exact) mass is 171 g/mol.